The summed E-state index contributed by atoms with van der Waals surface area (Å²) in [4.78, 5) is 0. The Kier molecular flexibility index (Phi) is 15.2. The fourth-order valence-corrected chi connectivity index (χ4v) is 2.15. The average molecular weight is 376 g/mol. The first-order valence-electron chi connectivity index (χ1n) is 5.98. The molecule has 0 aliphatic carbocycles. The molecule has 0 radical (unpaired) electrons. The SMILES string of the molecule is CCc1c(C)c(C)c(C)[c-]1C.[Cl-].[Cl-].[Zr+4].c1cc[cH-]c1. The van der Waals surface area contributed by atoms with Crippen molar-refractivity contribution in [3.05, 3.63) is 58.1 Å². The summed E-state index contributed by atoms with van der Waals surface area (Å²) in [5.74, 6) is 0. The number of halogens is 2. The molecule has 2 aromatic carbocycles. The van der Waals surface area contributed by atoms with Crippen molar-refractivity contribution in [1.29, 1.82) is 0 Å². The molecule has 0 unspecified atom stereocenters. The summed E-state index contributed by atoms with van der Waals surface area (Å²) < 4.78 is 0. The van der Waals surface area contributed by atoms with E-state index in [1.54, 1.807) is 5.56 Å². The Morgan fingerprint density at radius 1 is 1.00 bits per heavy atom. The molecule has 0 N–H and O–H groups in total. The maximum Gasteiger partial charge on any atom is 4.00 e. The van der Waals surface area contributed by atoms with E-state index >= 15 is 0 Å². The first-order valence-corrected chi connectivity index (χ1v) is 5.98. The number of hydrogen-bond acceptors (Lipinski definition) is 0. The summed E-state index contributed by atoms with van der Waals surface area (Å²) >= 11 is 0. The average Bonchev–Trinajstić information content (AvgIpc) is 2.90. The summed E-state index contributed by atoms with van der Waals surface area (Å²) in [6.07, 6.45) is 1.17. The van der Waals surface area contributed by atoms with Gasteiger partial charge in [0.25, 0.3) is 0 Å². The minimum absolute atomic E-state index is 0. The molecule has 0 fully saturated rings. The molecule has 0 amide bonds. The third-order valence-corrected chi connectivity index (χ3v) is 3.50. The molecule has 19 heavy (non-hydrogen) atoms. The molecular weight excluding hydrogens is 354 g/mol. The minimum Gasteiger partial charge on any atom is -1.00 e. The quantitative estimate of drug-likeness (QED) is 0.538. The zero-order valence-electron chi connectivity index (χ0n) is 12.3. The molecule has 0 atom stereocenters. The van der Waals surface area contributed by atoms with Crippen LogP contribution in [0.2, 0.25) is 0 Å². The second-order valence-corrected chi connectivity index (χ2v) is 4.29. The molecule has 0 bridgehead atoms. The number of hydrogen-bond donors (Lipinski definition) is 0. The molecule has 0 nitrogen and oxygen atoms in total. The fraction of sp³-hybridized carbons (Fsp3) is 0.375. The van der Waals surface area contributed by atoms with E-state index in [1.807, 2.05) is 30.3 Å². The van der Waals surface area contributed by atoms with Gasteiger partial charge in [0.05, 0.1) is 0 Å². The Balaban J connectivity index is -0.000000277. The summed E-state index contributed by atoms with van der Waals surface area (Å²) in [6.45, 7) is 11.1. The van der Waals surface area contributed by atoms with Gasteiger partial charge in [-0.3, -0.25) is 0 Å². The standard InChI is InChI=1S/C11H17.C5H5.2ClH.Zr/c1-6-11-9(4)7(2)8(3)10(11)5;1-2-4-5-3-1;;;/h6H2,1-5H3;1-5H;2*1H;/q2*-1;;;+4/p-2. The van der Waals surface area contributed by atoms with Gasteiger partial charge in [-0.05, 0) is 0 Å². The minimum atomic E-state index is 0. The van der Waals surface area contributed by atoms with Gasteiger partial charge in [0.15, 0.2) is 0 Å². The van der Waals surface area contributed by atoms with Crippen LogP contribution in [-0.4, -0.2) is 0 Å². The van der Waals surface area contributed by atoms with Crippen LogP contribution in [0.5, 0.6) is 0 Å². The molecule has 2 aromatic rings. The van der Waals surface area contributed by atoms with Crippen LogP contribution < -0.4 is 24.8 Å². The van der Waals surface area contributed by atoms with Crippen molar-refractivity contribution in [3.8, 4) is 0 Å². The molecule has 104 valence electrons. The zero-order valence-corrected chi connectivity index (χ0v) is 16.3. The Bertz CT molecular complexity index is 385. The van der Waals surface area contributed by atoms with Crippen LogP contribution in [0.25, 0.3) is 0 Å². The third kappa shape index (κ3) is 6.43. The second kappa shape index (κ2) is 11.9. The smallest absolute Gasteiger partial charge is 1.00 e. The normalized spacial score (nSPS) is 8.26. The van der Waals surface area contributed by atoms with Crippen molar-refractivity contribution in [2.45, 2.75) is 41.0 Å². The van der Waals surface area contributed by atoms with Crippen molar-refractivity contribution in [1.82, 2.24) is 0 Å². The van der Waals surface area contributed by atoms with Gasteiger partial charge in [0.2, 0.25) is 0 Å². The van der Waals surface area contributed by atoms with E-state index < -0.39 is 0 Å². The van der Waals surface area contributed by atoms with Crippen LogP contribution in [-0.2, 0) is 32.6 Å². The Labute approximate surface area is 149 Å². The van der Waals surface area contributed by atoms with Gasteiger partial charge in [-0.1, -0.05) is 41.0 Å². The third-order valence-electron chi connectivity index (χ3n) is 3.50. The van der Waals surface area contributed by atoms with Crippen LogP contribution in [0.15, 0.2) is 30.3 Å². The Morgan fingerprint density at radius 3 is 1.63 bits per heavy atom. The first-order chi connectivity index (χ1) is 7.59. The van der Waals surface area contributed by atoms with E-state index in [9.17, 15) is 0 Å². The summed E-state index contributed by atoms with van der Waals surface area (Å²) in [5, 5.41) is 0. The fourth-order valence-electron chi connectivity index (χ4n) is 2.15. The van der Waals surface area contributed by atoms with Crippen molar-refractivity contribution in [3.63, 3.8) is 0 Å². The molecule has 0 aliphatic heterocycles. The molecule has 0 aliphatic rings. The largest absolute Gasteiger partial charge is 4.00 e. The van der Waals surface area contributed by atoms with E-state index in [-0.39, 0.29) is 51.0 Å². The van der Waals surface area contributed by atoms with Crippen molar-refractivity contribution >= 4 is 0 Å². The molecule has 0 heterocycles. The predicted molar refractivity (Wildman–Crippen MR) is 72.4 cm³/mol. The molecule has 0 spiro atoms. The van der Waals surface area contributed by atoms with E-state index in [1.165, 1.54) is 28.7 Å². The second-order valence-electron chi connectivity index (χ2n) is 4.29. The summed E-state index contributed by atoms with van der Waals surface area (Å²) in [6, 6.07) is 10.0. The van der Waals surface area contributed by atoms with E-state index in [0.29, 0.717) is 0 Å². The van der Waals surface area contributed by atoms with Gasteiger partial charge in [-0.2, -0.15) is 46.0 Å². The molecule has 0 saturated carbocycles. The van der Waals surface area contributed by atoms with Gasteiger partial charge in [0, 0.05) is 0 Å². The van der Waals surface area contributed by atoms with Gasteiger partial charge >= 0.3 is 26.2 Å². The predicted octanol–water partition coefficient (Wildman–Crippen LogP) is -1.39. The molecule has 0 aromatic heterocycles. The monoisotopic (exact) mass is 374 g/mol. The topological polar surface area (TPSA) is 0 Å². The van der Waals surface area contributed by atoms with Gasteiger partial charge in [-0.25, -0.2) is 12.1 Å². The van der Waals surface area contributed by atoms with Gasteiger partial charge in [-0.15, -0.1) is 0 Å². The Morgan fingerprint density at radius 2 is 1.47 bits per heavy atom. The number of rotatable bonds is 1. The summed E-state index contributed by atoms with van der Waals surface area (Å²) in [5.41, 5.74) is 7.53. The van der Waals surface area contributed by atoms with Crippen LogP contribution in [0.4, 0.5) is 0 Å². The molecule has 0 saturated heterocycles. The van der Waals surface area contributed by atoms with Crippen LogP contribution in [0.1, 0.15) is 34.7 Å². The summed E-state index contributed by atoms with van der Waals surface area (Å²) in [7, 11) is 0. The van der Waals surface area contributed by atoms with Crippen molar-refractivity contribution in [2.75, 3.05) is 0 Å². The van der Waals surface area contributed by atoms with Crippen LogP contribution in [0, 0.1) is 27.7 Å². The van der Waals surface area contributed by atoms with E-state index in [2.05, 4.69) is 34.6 Å². The van der Waals surface area contributed by atoms with E-state index in [4.69, 9.17) is 0 Å². The first kappa shape index (κ1) is 24.2. The van der Waals surface area contributed by atoms with Crippen molar-refractivity contribution < 1.29 is 51.0 Å². The molecule has 3 heteroatoms. The van der Waals surface area contributed by atoms with Crippen LogP contribution >= 0.6 is 0 Å². The molecule has 2 rings (SSSR count). The van der Waals surface area contributed by atoms with Gasteiger partial charge in [0.1, 0.15) is 0 Å². The van der Waals surface area contributed by atoms with E-state index in [0.717, 1.165) is 0 Å². The maximum atomic E-state index is 2.23. The van der Waals surface area contributed by atoms with Crippen LogP contribution in [0.3, 0.4) is 0 Å². The molecular formula is C16H22Cl2Zr. The Hall–Kier alpha value is 0.163. The zero-order chi connectivity index (χ0) is 12.1. The maximum absolute atomic E-state index is 2.23. The van der Waals surface area contributed by atoms with Crippen molar-refractivity contribution in [2.24, 2.45) is 0 Å². The van der Waals surface area contributed by atoms with Gasteiger partial charge < -0.3 is 24.8 Å².